The Morgan fingerprint density at radius 3 is 2.61 bits per heavy atom. The molecule has 0 N–H and O–H groups in total. The highest BCUT2D eigenvalue weighted by atomic mass is 35.5. The van der Waals surface area contributed by atoms with Crippen molar-refractivity contribution < 1.29 is 4.74 Å². The number of benzene rings is 1. The molecule has 1 aliphatic rings. The molecule has 3 heterocycles. The normalized spacial score (nSPS) is 15.0. The zero-order valence-corrected chi connectivity index (χ0v) is 17.1. The van der Waals surface area contributed by atoms with Crippen molar-refractivity contribution in [2.45, 2.75) is 6.42 Å². The van der Waals surface area contributed by atoms with E-state index in [1.54, 1.807) is 12.4 Å². The predicted octanol–water partition coefficient (Wildman–Crippen LogP) is 3.84. The van der Waals surface area contributed by atoms with Gasteiger partial charge in [0.15, 0.2) is 0 Å². The van der Waals surface area contributed by atoms with Gasteiger partial charge < -0.3 is 9.64 Å². The van der Waals surface area contributed by atoms with Crippen LogP contribution in [0.5, 0.6) is 5.88 Å². The van der Waals surface area contributed by atoms with Crippen molar-refractivity contribution in [3.63, 3.8) is 0 Å². The van der Waals surface area contributed by atoms with E-state index < -0.39 is 0 Å². The molecule has 0 aliphatic carbocycles. The molecule has 1 fully saturated rings. The van der Waals surface area contributed by atoms with E-state index in [0.29, 0.717) is 12.5 Å². The largest absolute Gasteiger partial charge is 0.475 e. The van der Waals surface area contributed by atoms with Crippen LogP contribution in [0.2, 0.25) is 5.02 Å². The van der Waals surface area contributed by atoms with Gasteiger partial charge in [0.25, 0.3) is 5.88 Å². The van der Waals surface area contributed by atoms with E-state index in [4.69, 9.17) is 16.3 Å². The molecule has 6 nitrogen and oxygen atoms in total. The summed E-state index contributed by atoms with van der Waals surface area (Å²) in [4.78, 5) is 9.03. The molecule has 1 aromatic carbocycles. The molecule has 0 bridgehead atoms. The number of halogens is 1. The maximum Gasteiger partial charge on any atom is 0.254 e. The molecular weight excluding hydrogens is 394 g/mol. The number of aromatic nitrogens is 3. The van der Waals surface area contributed by atoms with Gasteiger partial charge in [0.2, 0.25) is 0 Å². The third kappa shape index (κ3) is 4.79. The van der Waals surface area contributed by atoms with Gasteiger partial charge in [0.05, 0.1) is 18.3 Å². The second-order valence-corrected chi connectivity index (χ2v) is 7.63. The minimum Gasteiger partial charge on any atom is -0.475 e. The second-order valence-electron chi connectivity index (χ2n) is 6.67. The van der Waals surface area contributed by atoms with Gasteiger partial charge in [-0.3, -0.25) is 9.88 Å². The number of hydrogen-bond acceptors (Lipinski definition) is 7. The summed E-state index contributed by atoms with van der Waals surface area (Å²) in [6.45, 7) is 5.83. The van der Waals surface area contributed by atoms with E-state index in [1.165, 1.54) is 17.4 Å². The smallest absolute Gasteiger partial charge is 0.254 e. The van der Waals surface area contributed by atoms with Crippen LogP contribution in [0.25, 0.3) is 11.3 Å². The van der Waals surface area contributed by atoms with Crippen LogP contribution in [0.3, 0.4) is 0 Å². The van der Waals surface area contributed by atoms with Crippen LogP contribution in [-0.2, 0) is 0 Å². The first-order valence-electron chi connectivity index (χ1n) is 9.38. The number of rotatable bonds is 7. The molecule has 28 heavy (non-hydrogen) atoms. The van der Waals surface area contributed by atoms with Crippen LogP contribution >= 0.6 is 23.3 Å². The molecule has 8 heteroatoms. The molecule has 146 valence electrons. The number of nitrogens with zero attached hydrogens (tertiary/aromatic N) is 5. The van der Waals surface area contributed by atoms with E-state index in [9.17, 15) is 0 Å². The van der Waals surface area contributed by atoms with E-state index in [0.717, 1.165) is 55.4 Å². The van der Waals surface area contributed by atoms with E-state index >= 15 is 0 Å². The Morgan fingerprint density at radius 1 is 1.04 bits per heavy atom. The highest BCUT2D eigenvalue weighted by Crippen LogP contribution is 2.27. The van der Waals surface area contributed by atoms with Gasteiger partial charge in [-0.25, -0.2) is 0 Å². The summed E-state index contributed by atoms with van der Waals surface area (Å²) in [5, 5.41) is 0.782. The van der Waals surface area contributed by atoms with Crippen LogP contribution < -0.4 is 9.64 Å². The van der Waals surface area contributed by atoms with Gasteiger partial charge in [-0.05, 0) is 42.8 Å². The molecule has 0 unspecified atom stereocenters. The summed E-state index contributed by atoms with van der Waals surface area (Å²) in [5.41, 5.74) is 2.95. The molecule has 3 aromatic rings. The number of anilines is 1. The molecule has 0 spiro atoms. The fourth-order valence-corrected chi connectivity index (χ4v) is 3.94. The van der Waals surface area contributed by atoms with Crippen molar-refractivity contribution in [2.75, 3.05) is 44.2 Å². The van der Waals surface area contributed by atoms with Gasteiger partial charge in [-0.1, -0.05) is 11.6 Å². The predicted molar refractivity (Wildman–Crippen MR) is 113 cm³/mol. The maximum atomic E-state index is 5.98. The van der Waals surface area contributed by atoms with Gasteiger partial charge in [0, 0.05) is 61.4 Å². The summed E-state index contributed by atoms with van der Waals surface area (Å²) >= 11 is 7.15. The van der Waals surface area contributed by atoms with Crippen molar-refractivity contribution in [1.82, 2.24) is 18.6 Å². The van der Waals surface area contributed by atoms with Crippen LogP contribution in [0.1, 0.15) is 6.42 Å². The quantitative estimate of drug-likeness (QED) is 0.546. The number of ether oxygens (including phenoxy) is 1. The Morgan fingerprint density at radius 2 is 1.86 bits per heavy atom. The van der Waals surface area contributed by atoms with Gasteiger partial charge in [0.1, 0.15) is 5.69 Å². The molecular formula is C20H22ClN5OS. The summed E-state index contributed by atoms with van der Waals surface area (Å²) < 4.78 is 14.5. The first kappa shape index (κ1) is 19.1. The SMILES string of the molecule is Clc1ccc(N2CCN(CCCOc3nsnc3-c3cccnc3)CC2)cc1. The van der Waals surface area contributed by atoms with Gasteiger partial charge in [-0.2, -0.15) is 4.37 Å². The molecule has 0 saturated carbocycles. The lowest BCUT2D eigenvalue weighted by atomic mass is 10.2. The molecule has 1 saturated heterocycles. The third-order valence-electron chi connectivity index (χ3n) is 4.81. The lowest BCUT2D eigenvalue weighted by Crippen LogP contribution is -2.46. The lowest BCUT2D eigenvalue weighted by molar-refractivity contribution is 0.223. The summed E-state index contributed by atoms with van der Waals surface area (Å²) in [6.07, 6.45) is 4.49. The first-order valence-corrected chi connectivity index (χ1v) is 10.5. The van der Waals surface area contributed by atoms with Crippen LogP contribution in [0.4, 0.5) is 5.69 Å². The first-order chi connectivity index (χ1) is 13.8. The minimum atomic E-state index is 0.602. The maximum absolute atomic E-state index is 5.98. The molecule has 2 aromatic heterocycles. The van der Waals surface area contributed by atoms with Crippen molar-refractivity contribution in [3.05, 3.63) is 53.8 Å². The standard InChI is InChI=1S/C20H22ClN5OS/c21-17-4-6-18(7-5-17)26-12-10-25(11-13-26)9-2-14-27-20-19(23-28-24-20)16-3-1-8-22-15-16/h1,3-8,15H,2,9-14H2. The molecule has 0 radical (unpaired) electrons. The van der Waals surface area contributed by atoms with E-state index in [-0.39, 0.29) is 0 Å². The Kier molecular flexibility index (Phi) is 6.36. The zero-order valence-electron chi connectivity index (χ0n) is 15.5. The molecule has 1 aliphatic heterocycles. The fraction of sp³-hybridized carbons (Fsp3) is 0.350. The van der Waals surface area contributed by atoms with Gasteiger partial charge in [-0.15, -0.1) is 4.37 Å². The summed E-state index contributed by atoms with van der Waals surface area (Å²) in [5.74, 6) is 0.602. The number of hydrogen-bond donors (Lipinski definition) is 0. The molecule has 4 rings (SSSR count). The van der Waals surface area contributed by atoms with E-state index in [1.807, 2.05) is 24.3 Å². The lowest BCUT2D eigenvalue weighted by Gasteiger charge is -2.36. The monoisotopic (exact) mass is 415 g/mol. The Hall–Kier alpha value is -2.22. The van der Waals surface area contributed by atoms with Crippen molar-refractivity contribution in [1.29, 1.82) is 0 Å². The topological polar surface area (TPSA) is 54.4 Å². The van der Waals surface area contributed by atoms with Crippen LogP contribution in [0, 0.1) is 0 Å². The Bertz CT molecular complexity index is 866. The number of pyridine rings is 1. The minimum absolute atomic E-state index is 0.602. The summed E-state index contributed by atoms with van der Waals surface area (Å²) in [7, 11) is 0. The van der Waals surface area contributed by atoms with Crippen LogP contribution in [-0.4, -0.2) is 58.0 Å². The highest BCUT2D eigenvalue weighted by Gasteiger charge is 2.17. The van der Waals surface area contributed by atoms with Crippen molar-refractivity contribution >= 4 is 29.0 Å². The highest BCUT2D eigenvalue weighted by molar-refractivity contribution is 6.99. The summed E-state index contributed by atoms with van der Waals surface area (Å²) in [6, 6.07) is 11.9. The van der Waals surface area contributed by atoms with Gasteiger partial charge >= 0.3 is 0 Å². The van der Waals surface area contributed by atoms with E-state index in [2.05, 4.69) is 35.7 Å². The van der Waals surface area contributed by atoms with Crippen molar-refractivity contribution in [3.8, 4) is 17.1 Å². The molecule has 0 amide bonds. The number of piperazine rings is 1. The Labute approximate surface area is 174 Å². The molecule has 0 atom stereocenters. The zero-order chi connectivity index (χ0) is 19.2. The average Bonchev–Trinajstić information content (AvgIpc) is 3.21. The Balaban J connectivity index is 1.20. The third-order valence-corrected chi connectivity index (χ3v) is 5.58. The average molecular weight is 416 g/mol. The van der Waals surface area contributed by atoms with Crippen LogP contribution in [0.15, 0.2) is 48.8 Å². The fourth-order valence-electron chi connectivity index (χ4n) is 3.29. The second kappa shape index (κ2) is 9.32. The van der Waals surface area contributed by atoms with Crippen molar-refractivity contribution in [2.24, 2.45) is 0 Å².